The highest BCUT2D eigenvalue weighted by Crippen LogP contribution is 2.21. The normalized spacial score (nSPS) is 10.3. The third-order valence-electron chi connectivity index (χ3n) is 2.19. The zero-order valence-corrected chi connectivity index (χ0v) is 11.4. The molecule has 0 aliphatic rings. The van der Waals surface area contributed by atoms with Crippen molar-refractivity contribution in [2.45, 2.75) is 6.42 Å². The van der Waals surface area contributed by atoms with Crippen LogP contribution in [0.25, 0.3) is 0 Å². The number of carbonyl (C=O) groups is 1. The number of nitrogens with one attached hydrogen (secondary N) is 1. The summed E-state index contributed by atoms with van der Waals surface area (Å²) in [6.07, 6.45) is 0.653. The second-order valence-corrected chi connectivity index (χ2v) is 4.52. The zero-order valence-electron chi connectivity index (χ0n) is 9.86. The molecule has 0 atom stereocenters. The molecule has 1 aromatic carbocycles. The molecule has 0 unspecified atom stereocenters. The predicted octanol–water partition coefficient (Wildman–Crippen LogP) is 1.28. The molecule has 3 N–H and O–H groups in total. The summed E-state index contributed by atoms with van der Waals surface area (Å²) < 4.78 is 5.79. The lowest BCUT2D eigenvalue weighted by Gasteiger charge is -2.07. The van der Waals surface area contributed by atoms with E-state index in [1.165, 1.54) is 6.07 Å². The number of aromatic hydroxyl groups is 1. The van der Waals surface area contributed by atoms with Gasteiger partial charge in [0.2, 0.25) is 0 Å². The lowest BCUT2D eigenvalue weighted by molar-refractivity contribution is 0.0866. The topological polar surface area (TPSA) is 78.8 Å². The average molecular weight is 318 g/mol. The van der Waals surface area contributed by atoms with Crippen LogP contribution in [0.1, 0.15) is 16.8 Å². The van der Waals surface area contributed by atoms with Crippen molar-refractivity contribution < 1.29 is 19.7 Å². The number of hydrogen-bond acceptors (Lipinski definition) is 4. The van der Waals surface area contributed by atoms with E-state index < -0.39 is 0 Å². The molecule has 0 bridgehead atoms. The summed E-state index contributed by atoms with van der Waals surface area (Å²) in [5.41, 5.74) is 0.237. The number of aliphatic hydroxyl groups is 1. The minimum atomic E-state index is -0.323. The van der Waals surface area contributed by atoms with Crippen molar-refractivity contribution in [1.82, 2.24) is 5.32 Å². The van der Waals surface area contributed by atoms with Crippen LogP contribution in [0, 0.1) is 0 Å². The number of benzene rings is 1. The van der Waals surface area contributed by atoms with Gasteiger partial charge in [-0.3, -0.25) is 4.79 Å². The van der Waals surface area contributed by atoms with E-state index in [1.54, 1.807) is 12.1 Å². The van der Waals surface area contributed by atoms with Gasteiger partial charge >= 0.3 is 0 Å². The van der Waals surface area contributed by atoms with Crippen molar-refractivity contribution in [3.05, 3.63) is 28.2 Å². The van der Waals surface area contributed by atoms with Crippen LogP contribution in [0.15, 0.2) is 22.7 Å². The minimum absolute atomic E-state index is 0.00171. The number of hydrogen-bond donors (Lipinski definition) is 3. The second kappa shape index (κ2) is 8.07. The standard InChI is InChI=1S/C12H16BrNO4/c13-9-2-3-11(16)10(8-9)12(17)14-4-1-6-18-7-5-15/h2-3,8,15-16H,1,4-7H2,(H,14,17). The fraction of sp³-hybridized carbons (Fsp3) is 0.417. The van der Waals surface area contributed by atoms with E-state index in [-0.39, 0.29) is 23.8 Å². The first-order valence-corrected chi connectivity index (χ1v) is 6.39. The van der Waals surface area contributed by atoms with Crippen molar-refractivity contribution in [2.24, 2.45) is 0 Å². The molecule has 0 saturated carbocycles. The van der Waals surface area contributed by atoms with Crippen LogP contribution in [0.3, 0.4) is 0 Å². The quantitative estimate of drug-likeness (QED) is 0.662. The summed E-state index contributed by atoms with van der Waals surface area (Å²) in [5.74, 6) is -0.372. The van der Waals surface area contributed by atoms with Crippen molar-refractivity contribution in [1.29, 1.82) is 0 Å². The summed E-state index contributed by atoms with van der Waals surface area (Å²) in [5, 5.41) is 20.7. The molecule has 0 heterocycles. The zero-order chi connectivity index (χ0) is 13.4. The predicted molar refractivity (Wildman–Crippen MR) is 70.7 cm³/mol. The molecular weight excluding hydrogens is 302 g/mol. The van der Waals surface area contributed by atoms with Gasteiger partial charge in [0.05, 0.1) is 18.8 Å². The highest BCUT2D eigenvalue weighted by atomic mass is 79.9. The molecule has 18 heavy (non-hydrogen) atoms. The van der Waals surface area contributed by atoms with Gasteiger partial charge in [-0.25, -0.2) is 0 Å². The van der Waals surface area contributed by atoms with Crippen molar-refractivity contribution >= 4 is 21.8 Å². The molecule has 0 spiro atoms. The lowest BCUT2D eigenvalue weighted by Crippen LogP contribution is -2.25. The Morgan fingerprint density at radius 2 is 2.17 bits per heavy atom. The molecule has 100 valence electrons. The Kier molecular flexibility index (Phi) is 6.70. The van der Waals surface area contributed by atoms with Crippen molar-refractivity contribution in [3.63, 3.8) is 0 Å². The SMILES string of the molecule is O=C(NCCCOCCO)c1cc(Br)ccc1O. The number of phenols is 1. The number of halogens is 1. The monoisotopic (exact) mass is 317 g/mol. The molecule has 0 radical (unpaired) electrons. The summed E-state index contributed by atoms with van der Waals surface area (Å²) in [7, 11) is 0. The first-order chi connectivity index (χ1) is 8.65. The van der Waals surface area contributed by atoms with E-state index in [9.17, 15) is 9.90 Å². The van der Waals surface area contributed by atoms with Gasteiger partial charge in [0, 0.05) is 17.6 Å². The number of phenolic OH excluding ortho intramolecular Hbond substituents is 1. The second-order valence-electron chi connectivity index (χ2n) is 3.61. The molecule has 0 aromatic heterocycles. The van der Waals surface area contributed by atoms with Crippen LogP contribution in [-0.2, 0) is 4.74 Å². The molecule has 0 aliphatic heterocycles. The van der Waals surface area contributed by atoms with E-state index in [0.29, 0.717) is 26.2 Å². The fourth-order valence-electron chi connectivity index (χ4n) is 1.33. The number of carbonyl (C=O) groups excluding carboxylic acids is 1. The number of amides is 1. The van der Waals surface area contributed by atoms with Gasteiger partial charge < -0.3 is 20.3 Å². The molecule has 0 fully saturated rings. The van der Waals surface area contributed by atoms with Gasteiger partial charge in [-0.05, 0) is 24.6 Å². The fourth-order valence-corrected chi connectivity index (χ4v) is 1.69. The Morgan fingerprint density at radius 3 is 2.89 bits per heavy atom. The number of aliphatic hydroxyl groups excluding tert-OH is 1. The Bertz CT molecular complexity index is 398. The average Bonchev–Trinajstić information content (AvgIpc) is 2.36. The van der Waals surface area contributed by atoms with Crippen molar-refractivity contribution in [2.75, 3.05) is 26.4 Å². The van der Waals surface area contributed by atoms with Gasteiger partial charge in [0.15, 0.2) is 0 Å². The number of ether oxygens (including phenoxy) is 1. The lowest BCUT2D eigenvalue weighted by atomic mass is 10.2. The van der Waals surface area contributed by atoms with E-state index in [4.69, 9.17) is 9.84 Å². The smallest absolute Gasteiger partial charge is 0.255 e. The Hall–Kier alpha value is -1.11. The first kappa shape index (κ1) is 14.9. The Morgan fingerprint density at radius 1 is 1.39 bits per heavy atom. The largest absolute Gasteiger partial charge is 0.507 e. The highest BCUT2D eigenvalue weighted by molar-refractivity contribution is 9.10. The molecule has 1 aromatic rings. The van der Waals surface area contributed by atoms with Crippen LogP contribution < -0.4 is 5.32 Å². The summed E-state index contributed by atoms with van der Waals surface area (Å²) in [6, 6.07) is 4.69. The third kappa shape index (κ3) is 5.03. The first-order valence-electron chi connectivity index (χ1n) is 5.60. The molecule has 0 aliphatic carbocycles. The summed E-state index contributed by atoms with van der Waals surface area (Å²) in [4.78, 5) is 11.7. The van der Waals surface area contributed by atoms with Gasteiger partial charge in [0.1, 0.15) is 5.75 Å². The molecule has 6 heteroatoms. The molecule has 5 nitrogen and oxygen atoms in total. The Balaban J connectivity index is 2.34. The molecule has 1 amide bonds. The van der Waals surface area contributed by atoms with E-state index >= 15 is 0 Å². The van der Waals surface area contributed by atoms with Gasteiger partial charge in [-0.2, -0.15) is 0 Å². The number of rotatable bonds is 7. The van der Waals surface area contributed by atoms with Crippen LogP contribution >= 0.6 is 15.9 Å². The minimum Gasteiger partial charge on any atom is -0.507 e. The molecule has 0 saturated heterocycles. The van der Waals surface area contributed by atoms with Gasteiger partial charge in [-0.15, -0.1) is 0 Å². The highest BCUT2D eigenvalue weighted by Gasteiger charge is 2.10. The van der Waals surface area contributed by atoms with Crippen LogP contribution in [-0.4, -0.2) is 42.5 Å². The third-order valence-corrected chi connectivity index (χ3v) is 2.68. The maximum Gasteiger partial charge on any atom is 0.255 e. The maximum absolute atomic E-state index is 11.7. The van der Waals surface area contributed by atoms with Crippen LogP contribution in [0.5, 0.6) is 5.75 Å². The van der Waals surface area contributed by atoms with Gasteiger partial charge in [-0.1, -0.05) is 15.9 Å². The maximum atomic E-state index is 11.7. The van der Waals surface area contributed by atoms with E-state index in [1.807, 2.05) is 0 Å². The Labute approximate surface area is 114 Å². The summed E-state index contributed by atoms with van der Waals surface area (Å²) >= 11 is 3.24. The van der Waals surface area contributed by atoms with Crippen LogP contribution in [0.2, 0.25) is 0 Å². The molecular formula is C12H16BrNO4. The molecule has 1 rings (SSSR count). The summed E-state index contributed by atoms with van der Waals surface area (Å²) in [6.45, 7) is 1.24. The van der Waals surface area contributed by atoms with Gasteiger partial charge in [0.25, 0.3) is 5.91 Å². The van der Waals surface area contributed by atoms with Crippen molar-refractivity contribution in [3.8, 4) is 5.75 Å². The van der Waals surface area contributed by atoms with E-state index in [0.717, 1.165) is 4.47 Å². The van der Waals surface area contributed by atoms with Crippen LogP contribution in [0.4, 0.5) is 0 Å². The van der Waals surface area contributed by atoms with E-state index in [2.05, 4.69) is 21.2 Å².